The summed E-state index contributed by atoms with van der Waals surface area (Å²) in [7, 11) is 3.88. The fourth-order valence-corrected chi connectivity index (χ4v) is 3.52. The molecule has 3 heteroatoms. The molecule has 2 aromatic carbocycles. The number of halogens is 1. The lowest BCUT2D eigenvalue weighted by molar-refractivity contribution is 0.364. The first-order valence-electron chi connectivity index (χ1n) is 9.34. The van der Waals surface area contributed by atoms with Gasteiger partial charge < -0.3 is 4.74 Å². The average Bonchev–Trinajstić information content (AvgIpc) is 2.87. The van der Waals surface area contributed by atoms with Gasteiger partial charge in [-0.2, -0.15) is 0 Å². The first-order chi connectivity index (χ1) is 12.2. The number of hydrogen-bond acceptors (Lipinski definition) is 2. The minimum atomic E-state index is 0. The second-order valence-corrected chi connectivity index (χ2v) is 7.04. The number of fused-ring (bicyclic) bond motifs is 1. The van der Waals surface area contributed by atoms with Crippen LogP contribution in [0.4, 0.5) is 0 Å². The molecule has 3 rings (SSSR count). The summed E-state index contributed by atoms with van der Waals surface area (Å²) in [6.07, 6.45) is 11.0. The summed E-state index contributed by atoms with van der Waals surface area (Å²) in [6, 6.07) is 15.3. The van der Waals surface area contributed by atoms with Crippen LogP contribution in [0.3, 0.4) is 0 Å². The van der Waals surface area contributed by atoms with Crippen LogP contribution in [0.25, 0.3) is 6.08 Å². The molecule has 0 saturated carbocycles. The maximum absolute atomic E-state index is 5.19. The maximum atomic E-state index is 5.19. The van der Waals surface area contributed by atoms with Gasteiger partial charge in [0.2, 0.25) is 0 Å². The monoisotopic (exact) mass is 371 g/mol. The van der Waals surface area contributed by atoms with Crippen molar-refractivity contribution in [1.29, 1.82) is 0 Å². The minimum absolute atomic E-state index is 0. The van der Waals surface area contributed by atoms with E-state index < -0.39 is 0 Å². The molecule has 0 spiro atoms. The first-order valence-corrected chi connectivity index (χ1v) is 9.34. The third-order valence-electron chi connectivity index (χ3n) is 4.96. The Morgan fingerprint density at radius 3 is 2.42 bits per heavy atom. The minimum Gasteiger partial charge on any atom is -0.497 e. The largest absolute Gasteiger partial charge is 0.497 e. The van der Waals surface area contributed by atoms with Gasteiger partial charge in [-0.05, 0) is 67.1 Å². The molecule has 0 N–H and O–H groups in total. The van der Waals surface area contributed by atoms with Gasteiger partial charge in [0.05, 0.1) is 7.11 Å². The molecule has 0 atom stereocenters. The molecule has 140 valence electrons. The Hall–Kier alpha value is -1.77. The van der Waals surface area contributed by atoms with Crippen molar-refractivity contribution in [3.05, 3.63) is 70.8 Å². The van der Waals surface area contributed by atoms with Crippen molar-refractivity contribution < 1.29 is 4.74 Å². The van der Waals surface area contributed by atoms with Crippen LogP contribution in [0.2, 0.25) is 0 Å². The van der Waals surface area contributed by atoms with Gasteiger partial charge in [-0.3, -0.25) is 4.90 Å². The number of benzene rings is 2. The van der Waals surface area contributed by atoms with E-state index >= 15 is 0 Å². The van der Waals surface area contributed by atoms with Crippen LogP contribution in [0.1, 0.15) is 41.5 Å². The molecule has 1 aliphatic rings. The van der Waals surface area contributed by atoms with Crippen molar-refractivity contribution in [2.75, 3.05) is 20.7 Å². The normalized spacial score (nSPS) is 14.0. The van der Waals surface area contributed by atoms with E-state index in [9.17, 15) is 0 Å². The van der Waals surface area contributed by atoms with E-state index in [0.717, 1.165) is 18.8 Å². The smallest absolute Gasteiger partial charge is 0.118 e. The Labute approximate surface area is 164 Å². The van der Waals surface area contributed by atoms with Crippen LogP contribution in [-0.2, 0) is 19.4 Å². The molecule has 0 heterocycles. The Bertz CT molecular complexity index is 709. The molecule has 0 radical (unpaired) electrons. The highest BCUT2D eigenvalue weighted by molar-refractivity contribution is 5.85. The molecular formula is C23H30ClNO. The zero-order valence-corrected chi connectivity index (χ0v) is 16.7. The highest BCUT2D eigenvalue weighted by Crippen LogP contribution is 2.22. The van der Waals surface area contributed by atoms with E-state index in [2.05, 4.69) is 54.4 Å². The molecule has 1 aliphatic carbocycles. The molecule has 0 amide bonds. The number of methoxy groups -OCH3 is 1. The lowest BCUT2D eigenvalue weighted by Gasteiger charge is -2.16. The van der Waals surface area contributed by atoms with Crippen molar-refractivity contribution >= 4 is 18.5 Å². The van der Waals surface area contributed by atoms with Crippen LogP contribution in [0, 0.1) is 0 Å². The number of rotatable bonds is 6. The van der Waals surface area contributed by atoms with Crippen LogP contribution in [0.15, 0.2) is 48.5 Å². The molecule has 0 aromatic heterocycles. The quantitative estimate of drug-likeness (QED) is 0.619. The summed E-state index contributed by atoms with van der Waals surface area (Å²) in [4.78, 5) is 2.36. The zero-order chi connectivity index (χ0) is 17.5. The molecule has 0 aliphatic heterocycles. The summed E-state index contributed by atoms with van der Waals surface area (Å²) >= 11 is 0. The lowest BCUT2D eigenvalue weighted by atomic mass is 10.00. The Morgan fingerprint density at radius 2 is 1.69 bits per heavy atom. The molecule has 0 bridgehead atoms. The van der Waals surface area contributed by atoms with Crippen molar-refractivity contribution in [3.63, 3.8) is 0 Å². The molecule has 0 unspecified atom stereocenters. The highest BCUT2D eigenvalue weighted by atomic mass is 35.5. The van der Waals surface area contributed by atoms with E-state index in [4.69, 9.17) is 4.74 Å². The number of ether oxygens (including phenoxy) is 1. The van der Waals surface area contributed by atoms with Crippen LogP contribution < -0.4 is 4.74 Å². The van der Waals surface area contributed by atoms with Crippen LogP contribution in [-0.4, -0.2) is 25.6 Å². The Balaban J connectivity index is 0.00000243. The van der Waals surface area contributed by atoms with Crippen LogP contribution >= 0.6 is 12.4 Å². The van der Waals surface area contributed by atoms with Gasteiger partial charge in [-0.15, -0.1) is 12.4 Å². The van der Waals surface area contributed by atoms with Gasteiger partial charge in [-0.25, -0.2) is 0 Å². The van der Waals surface area contributed by atoms with Crippen molar-refractivity contribution in [3.8, 4) is 5.75 Å². The van der Waals surface area contributed by atoms with Gasteiger partial charge in [0.15, 0.2) is 0 Å². The summed E-state index contributed by atoms with van der Waals surface area (Å²) in [5.74, 6) is 0.900. The summed E-state index contributed by atoms with van der Waals surface area (Å²) in [5, 5.41) is 0. The van der Waals surface area contributed by atoms with Crippen molar-refractivity contribution in [2.24, 2.45) is 0 Å². The Kier molecular flexibility index (Phi) is 8.21. The number of nitrogens with zero attached hydrogens (tertiary/aromatic N) is 1. The third-order valence-corrected chi connectivity index (χ3v) is 4.96. The molecule has 2 aromatic rings. The van der Waals surface area contributed by atoms with E-state index in [-0.39, 0.29) is 12.4 Å². The number of aryl methyl sites for hydroxylation is 2. The van der Waals surface area contributed by atoms with E-state index in [1.54, 1.807) is 18.2 Å². The highest BCUT2D eigenvalue weighted by Gasteiger charge is 2.09. The van der Waals surface area contributed by atoms with E-state index in [1.165, 1.54) is 43.2 Å². The van der Waals surface area contributed by atoms with Gasteiger partial charge in [0, 0.05) is 13.1 Å². The average molecular weight is 372 g/mol. The van der Waals surface area contributed by atoms with Gasteiger partial charge >= 0.3 is 0 Å². The second kappa shape index (κ2) is 10.4. The summed E-state index contributed by atoms with van der Waals surface area (Å²) in [5.41, 5.74) is 5.79. The standard InChI is InChI=1S/C23H29NO.ClH/c1-24(16-6-7-19-11-14-23(25-2)15-12-19)18-20-10-13-21-8-4-3-5-9-22(21)17-20;/h6-7,10-15,17H,3-5,8-9,16,18H2,1-2H3;1H/b7-6+;. The molecule has 2 nitrogen and oxygen atoms in total. The molecule has 0 saturated heterocycles. The number of hydrogen-bond donors (Lipinski definition) is 0. The predicted octanol–water partition coefficient (Wildman–Crippen LogP) is 5.53. The van der Waals surface area contributed by atoms with E-state index in [0.29, 0.717) is 0 Å². The first kappa shape index (κ1) is 20.5. The van der Waals surface area contributed by atoms with Gasteiger partial charge in [0.25, 0.3) is 0 Å². The van der Waals surface area contributed by atoms with Crippen molar-refractivity contribution in [2.45, 2.75) is 38.6 Å². The predicted molar refractivity (Wildman–Crippen MR) is 113 cm³/mol. The zero-order valence-electron chi connectivity index (χ0n) is 15.9. The van der Waals surface area contributed by atoms with Gasteiger partial charge in [0.1, 0.15) is 5.75 Å². The number of likely N-dealkylation sites (N-methyl/N-ethyl adjacent to an activating group) is 1. The Morgan fingerprint density at radius 1 is 0.962 bits per heavy atom. The molecule has 26 heavy (non-hydrogen) atoms. The fourth-order valence-electron chi connectivity index (χ4n) is 3.52. The van der Waals surface area contributed by atoms with E-state index in [1.807, 2.05) is 12.1 Å². The maximum Gasteiger partial charge on any atom is 0.118 e. The lowest BCUT2D eigenvalue weighted by Crippen LogP contribution is -2.17. The molecule has 0 fully saturated rings. The van der Waals surface area contributed by atoms with Crippen LogP contribution in [0.5, 0.6) is 5.75 Å². The fraction of sp³-hybridized carbons (Fsp3) is 0.391. The topological polar surface area (TPSA) is 12.5 Å². The second-order valence-electron chi connectivity index (χ2n) is 7.04. The molecular weight excluding hydrogens is 342 g/mol. The third kappa shape index (κ3) is 5.89. The van der Waals surface area contributed by atoms with Gasteiger partial charge in [-0.1, -0.05) is 48.9 Å². The summed E-state index contributed by atoms with van der Waals surface area (Å²) in [6.45, 7) is 1.95. The summed E-state index contributed by atoms with van der Waals surface area (Å²) < 4.78 is 5.19. The SMILES string of the molecule is COc1ccc(/C=C/CN(C)Cc2ccc3c(c2)CCCCC3)cc1.Cl. The van der Waals surface area contributed by atoms with Crippen molar-refractivity contribution in [1.82, 2.24) is 4.90 Å².